The Morgan fingerprint density at radius 3 is 2.62 bits per heavy atom. The van der Waals surface area contributed by atoms with E-state index in [4.69, 9.17) is 0 Å². The molecule has 0 saturated heterocycles. The summed E-state index contributed by atoms with van der Waals surface area (Å²) in [5.74, 6) is -0.366. The van der Waals surface area contributed by atoms with Gasteiger partial charge < -0.3 is 9.88 Å². The van der Waals surface area contributed by atoms with Gasteiger partial charge in [-0.2, -0.15) is 0 Å². The van der Waals surface area contributed by atoms with Crippen molar-refractivity contribution in [2.75, 3.05) is 5.32 Å². The lowest BCUT2D eigenvalue weighted by Gasteiger charge is -2.11. The van der Waals surface area contributed by atoms with Crippen LogP contribution in [0.5, 0.6) is 0 Å². The van der Waals surface area contributed by atoms with E-state index in [9.17, 15) is 9.59 Å². The number of fused-ring (bicyclic) bond motifs is 1. The fourth-order valence-electron chi connectivity index (χ4n) is 3.84. The molecule has 26 heavy (non-hydrogen) atoms. The van der Waals surface area contributed by atoms with Gasteiger partial charge in [-0.25, -0.2) is 0 Å². The van der Waals surface area contributed by atoms with Gasteiger partial charge >= 0.3 is 0 Å². The number of carbonyl (C=O) groups excluding carboxylic acids is 1. The number of nitrogens with zero attached hydrogens (tertiary/aromatic N) is 1. The fourth-order valence-corrected chi connectivity index (χ4v) is 3.84. The number of aromatic nitrogens is 1. The number of aryl methyl sites for hydroxylation is 2. The Kier molecular flexibility index (Phi) is 3.19. The van der Waals surface area contributed by atoms with Crippen molar-refractivity contribution in [3.8, 4) is 0 Å². The molecule has 4 heteroatoms. The highest BCUT2D eigenvalue weighted by molar-refractivity contribution is 6.10. The highest BCUT2D eigenvalue weighted by atomic mass is 16.2. The van der Waals surface area contributed by atoms with Gasteiger partial charge in [0.2, 0.25) is 5.43 Å². The number of para-hydroxylation sites is 1. The van der Waals surface area contributed by atoms with Crippen LogP contribution in [0.4, 0.5) is 5.69 Å². The largest absolute Gasteiger partial charge is 0.346 e. The van der Waals surface area contributed by atoms with Crippen molar-refractivity contribution in [1.82, 2.24) is 4.57 Å². The lowest BCUT2D eigenvalue weighted by Crippen LogP contribution is -2.23. The molecule has 4 nitrogen and oxygen atoms in total. The van der Waals surface area contributed by atoms with E-state index in [1.807, 2.05) is 59.2 Å². The van der Waals surface area contributed by atoms with Gasteiger partial charge in [0, 0.05) is 29.2 Å². The van der Waals surface area contributed by atoms with Crippen LogP contribution in [-0.4, -0.2) is 10.5 Å². The number of nitrogens with one attached hydrogen (secondary N) is 1. The summed E-state index contributed by atoms with van der Waals surface area (Å²) in [7, 11) is 0. The first-order valence-corrected chi connectivity index (χ1v) is 8.66. The van der Waals surface area contributed by atoms with Crippen LogP contribution in [0, 0.1) is 0 Å². The Morgan fingerprint density at radius 1 is 0.923 bits per heavy atom. The summed E-state index contributed by atoms with van der Waals surface area (Å²) < 4.78 is 2.02. The smallest absolute Gasteiger partial charge is 0.261 e. The molecule has 0 unspecified atom stereocenters. The zero-order chi connectivity index (χ0) is 17.7. The second-order valence-electron chi connectivity index (χ2n) is 6.61. The Morgan fingerprint density at radius 2 is 1.69 bits per heavy atom. The lowest BCUT2D eigenvalue weighted by atomic mass is 10.1. The number of amides is 1. The van der Waals surface area contributed by atoms with Gasteiger partial charge in [0.1, 0.15) is 5.56 Å². The van der Waals surface area contributed by atoms with E-state index >= 15 is 0 Å². The zero-order valence-electron chi connectivity index (χ0n) is 14.0. The molecule has 5 rings (SSSR count). The first-order valence-electron chi connectivity index (χ1n) is 8.66. The molecule has 1 N–H and O–H groups in total. The van der Waals surface area contributed by atoms with Crippen LogP contribution in [-0.2, 0) is 13.0 Å². The van der Waals surface area contributed by atoms with Gasteiger partial charge in [-0.3, -0.25) is 9.59 Å². The van der Waals surface area contributed by atoms with E-state index in [0.717, 1.165) is 29.3 Å². The first-order chi connectivity index (χ1) is 12.7. The third kappa shape index (κ3) is 2.15. The molecule has 1 aromatic heterocycles. The maximum Gasteiger partial charge on any atom is 0.261 e. The standard InChI is InChI=1S/C22H16N2O2/c25-21-17-9-3-7-15-11-12-24(20(15)17)13-18(21)22(26)23-19-10-4-6-14-5-1-2-8-16(14)19/h1-10,13H,11-12H2,(H,23,26). The number of hydrogen-bond donors (Lipinski definition) is 1. The van der Waals surface area contributed by atoms with E-state index in [1.54, 1.807) is 12.3 Å². The van der Waals surface area contributed by atoms with Crippen molar-refractivity contribution < 1.29 is 4.79 Å². The molecule has 0 radical (unpaired) electrons. The van der Waals surface area contributed by atoms with Gasteiger partial charge in [-0.15, -0.1) is 0 Å². The summed E-state index contributed by atoms with van der Waals surface area (Å²) in [6.07, 6.45) is 2.59. The number of pyridine rings is 1. The van der Waals surface area contributed by atoms with Crippen LogP contribution < -0.4 is 10.7 Å². The molecule has 4 aromatic rings. The molecule has 1 aliphatic rings. The monoisotopic (exact) mass is 340 g/mol. The highest BCUT2D eigenvalue weighted by Gasteiger charge is 2.20. The molecule has 1 amide bonds. The van der Waals surface area contributed by atoms with E-state index in [2.05, 4.69) is 5.32 Å². The molecule has 126 valence electrons. The van der Waals surface area contributed by atoms with Crippen LogP contribution in [0.3, 0.4) is 0 Å². The van der Waals surface area contributed by atoms with Gasteiger partial charge in [0.25, 0.3) is 5.91 Å². The Balaban J connectivity index is 1.62. The van der Waals surface area contributed by atoms with Crippen LogP contribution in [0.25, 0.3) is 21.7 Å². The van der Waals surface area contributed by atoms with Crippen molar-refractivity contribution in [2.24, 2.45) is 0 Å². The average molecular weight is 340 g/mol. The molecule has 0 saturated carbocycles. The predicted molar refractivity (Wildman–Crippen MR) is 104 cm³/mol. The van der Waals surface area contributed by atoms with E-state index < -0.39 is 0 Å². The van der Waals surface area contributed by atoms with E-state index in [0.29, 0.717) is 11.1 Å². The maximum atomic E-state index is 12.9. The van der Waals surface area contributed by atoms with Gasteiger partial charge in [-0.05, 0) is 29.5 Å². The summed E-state index contributed by atoms with van der Waals surface area (Å²) in [5, 5.41) is 5.54. The van der Waals surface area contributed by atoms with Crippen molar-refractivity contribution >= 4 is 33.3 Å². The minimum Gasteiger partial charge on any atom is -0.346 e. The van der Waals surface area contributed by atoms with E-state index in [-0.39, 0.29) is 16.9 Å². The van der Waals surface area contributed by atoms with Crippen molar-refractivity contribution in [3.63, 3.8) is 0 Å². The topological polar surface area (TPSA) is 51.1 Å². The summed E-state index contributed by atoms with van der Waals surface area (Å²) in [5.41, 5.74) is 2.81. The second kappa shape index (κ2) is 5.56. The minimum atomic E-state index is -0.366. The van der Waals surface area contributed by atoms with Gasteiger partial charge in [0.05, 0.1) is 5.52 Å². The molecule has 1 aliphatic heterocycles. The van der Waals surface area contributed by atoms with Crippen LogP contribution in [0.1, 0.15) is 15.9 Å². The summed E-state index contributed by atoms with van der Waals surface area (Å²) in [6.45, 7) is 0.796. The normalized spacial score (nSPS) is 12.6. The third-order valence-corrected chi connectivity index (χ3v) is 5.09. The predicted octanol–water partition coefficient (Wildman–Crippen LogP) is 3.96. The Bertz CT molecular complexity index is 1250. The molecule has 0 bridgehead atoms. The van der Waals surface area contributed by atoms with Crippen molar-refractivity contribution in [3.05, 3.63) is 88.2 Å². The summed E-state index contributed by atoms with van der Waals surface area (Å²) in [4.78, 5) is 25.8. The van der Waals surface area contributed by atoms with E-state index in [1.165, 1.54) is 5.56 Å². The SMILES string of the molecule is O=C(Nc1cccc2ccccc12)c1cn2c3c(cccc3c1=O)CC2. The molecule has 0 aliphatic carbocycles. The first kappa shape index (κ1) is 14.9. The molecule has 0 atom stereocenters. The second-order valence-corrected chi connectivity index (χ2v) is 6.61. The average Bonchev–Trinajstić information content (AvgIpc) is 3.09. The Hall–Kier alpha value is -3.40. The molecule has 0 fully saturated rings. The summed E-state index contributed by atoms with van der Waals surface area (Å²) in [6, 6.07) is 19.3. The molecule has 0 spiro atoms. The summed E-state index contributed by atoms with van der Waals surface area (Å²) >= 11 is 0. The van der Waals surface area contributed by atoms with Crippen molar-refractivity contribution in [1.29, 1.82) is 0 Å². The van der Waals surface area contributed by atoms with Crippen LogP contribution >= 0.6 is 0 Å². The molecule has 2 heterocycles. The van der Waals surface area contributed by atoms with Gasteiger partial charge in [0.15, 0.2) is 0 Å². The molecular formula is C22H16N2O2. The Labute approximate surface area is 149 Å². The maximum absolute atomic E-state index is 12.9. The number of carbonyl (C=O) groups is 1. The molecule has 3 aromatic carbocycles. The lowest BCUT2D eigenvalue weighted by molar-refractivity contribution is 0.102. The minimum absolute atomic E-state index is 0.185. The third-order valence-electron chi connectivity index (χ3n) is 5.09. The number of rotatable bonds is 2. The van der Waals surface area contributed by atoms with Crippen LogP contribution in [0.15, 0.2) is 71.7 Å². The zero-order valence-corrected chi connectivity index (χ0v) is 14.0. The molecular weight excluding hydrogens is 324 g/mol. The number of anilines is 1. The number of hydrogen-bond acceptors (Lipinski definition) is 2. The van der Waals surface area contributed by atoms with Crippen molar-refractivity contribution in [2.45, 2.75) is 13.0 Å². The van der Waals surface area contributed by atoms with Gasteiger partial charge in [-0.1, -0.05) is 48.5 Å². The quantitative estimate of drug-likeness (QED) is 0.600. The number of benzene rings is 3. The highest BCUT2D eigenvalue weighted by Crippen LogP contribution is 2.25. The van der Waals surface area contributed by atoms with Crippen LogP contribution in [0.2, 0.25) is 0 Å². The fraction of sp³-hybridized carbons (Fsp3) is 0.0909.